The molecule has 0 saturated heterocycles. The van der Waals surface area contributed by atoms with Gasteiger partial charge in [0.25, 0.3) is 0 Å². The van der Waals surface area contributed by atoms with Crippen molar-refractivity contribution in [2.24, 2.45) is 0 Å². The Morgan fingerprint density at radius 3 is 2.76 bits per heavy atom. The summed E-state index contributed by atoms with van der Waals surface area (Å²) in [5.74, 6) is 0.553. The Hall–Kier alpha value is -2.79. The summed E-state index contributed by atoms with van der Waals surface area (Å²) in [6.07, 6.45) is 0. The molecule has 0 spiro atoms. The summed E-state index contributed by atoms with van der Waals surface area (Å²) in [5, 5.41) is 7.55. The smallest absolute Gasteiger partial charge is 0.221 e. The highest BCUT2D eigenvalue weighted by molar-refractivity contribution is 6.30. The fraction of sp³-hybridized carbons (Fsp3) is 0.158. The topological polar surface area (TPSA) is 63.2 Å². The monoisotopic (exact) mass is 355 g/mol. The zero-order chi connectivity index (χ0) is 17.8. The molecule has 6 heteroatoms. The van der Waals surface area contributed by atoms with E-state index in [1.165, 1.54) is 6.92 Å². The molecule has 0 radical (unpaired) electrons. The molecule has 0 aliphatic rings. The molecule has 1 amide bonds. The van der Waals surface area contributed by atoms with Gasteiger partial charge in [0, 0.05) is 30.1 Å². The lowest BCUT2D eigenvalue weighted by Crippen LogP contribution is -2.07. The Kier molecular flexibility index (Phi) is 5.05. The number of hydrogen-bond acceptors (Lipinski definition) is 4. The van der Waals surface area contributed by atoms with E-state index in [1.54, 1.807) is 19.2 Å². The number of benzene rings is 2. The number of para-hydroxylation sites is 1. The van der Waals surface area contributed by atoms with E-state index in [-0.39, 0.29) is 5.91 Å². The maximum absolute atomic E-state index is 11.2. The quantitative estimate of drug-likeness (QED) is 0.663. The summed E-state index contributed by atoms with van der Waals surface area (Å²) in [7, 11) is 1.60. The van der Waals surface area contributed by atoms with Crippen LogP contribution in [0.4, 0.5) is 11.4 Å². The molecule has 1 heterocycles. The number of hydrogen-bond donors (Lipinski definition) is 2. The number of rotatable bonds is 5. The highest BCUT2D eigenvalue weighted by Crippen LogP contribution is 2.29. The van der Waals surface area contributed by atoms with Crippen molar-refractivity contribution in [2.45, 2.75) is 13.5 Å². The van der Waals surface area contributed by atoms with E-state index >= 15 is 0 Å². The lowest BCUT2D eigenvalue weighted by Gasteiger charge is -2.14. The van der Waals surface area contributed by atoms with E-state index in [9.17, 15) is 4.79 Å². The van der Waals surface area contributed by atoms with Crippen molar-refractivity contribution in [3.05, 3.63) is 59.2 Å². The van der Waals surface area contributed by atoms with E-state index in [0.29, 0.717) is 23.1 Å². The minimum absolute atomic E-state index is 0.127. The van der Waals surface area contributed by atoms with Gasteiger partial charge in [-0.1, -0.05) is 29.8 Å². The normalized spacial score (nSPS) is 10.5. The van der Waals surface area contributed by atoms with Crippen LogP contribution in [0.15, 0.2) is 48.5 Å². The molecule has 2 N–H and O–H groups in total. The van der Waals surface area contributed by atoms with Crippen molar-refractivity contribution < 1.29 is 9.53 Å². The van der Waals surface area contributed by atoms with Gasteiger partial charge in [0.2, 0.25) is 5.91 Å². The summed E-state index contributed by atoms with van der Waals surface area (Å²) in [6, 6.07) is 15.3. The van der Waals surface area contributed by atoms with Crippen molar-refractivity contribution >= 4 is 39.8 Å². The number of anilines is 2. The van der Waals surface area contributed by atoms with Gasteiger partial charge in [0.1, 0.15) is 10.9 Å². The molecular weight excluding hydrogens is 338 g/mol. The first kappa shape index (κ1) is 17.0. The van der Waals surface area contributed by atoms with Crippen LogP contribution in [0.5, 0.6) is 5.75 Å². The Morgan fingerprint density at radius 1 is 1.20 bits per heavy atom. The summed E-state index contributed by atoms with van der Waals surface area (Å²) in [6.45, 7) is 1.95. The second kappa shape index (κ2) is 7.40. The molecule has 0 bridgehead atoms. The number of carbonyl (C=O) groups is 1. The molecule has 128 valence electrons. The molecule has 3 rings (SSSR count). The predicted octanol–water partition coefficient (Wildman–Crippen LogP) is 4.47. The fourth-order valence-electron chi connectivity index (χ4n) is 2.58. The van der Waals surface area contributed by atoms with Crippen LogP contribution in [0, 0.1) is 0 Å². The van der Waals surface area contributed by atoms with Crippen LogP contribution in [0.1, 0.15) is 12.5 Å². The number of halogens is 1. The molecule has 2 aromatic carbocycles. The Balaban J connectivity index is 1.85. The minimum Gasteiger partial charge on any atom is -0.495 e. The van der Waals surface area contributed by atoms with Crippen molar-refractivity contribution in [2.75, 3.05) is 17.7 Å². The third kappa shape index (κ3) is 4.00. The minimum atomic E-state index is -0.127. The van der Waals surface area contributed by atoms with Crippen molar-refractivity contribution in [1.29, 1.82) is 0 Å². The fourth-order valence-corrected chi connectivity index (χ4v) is 2.79. The SMILES string of the molecule is COc1ccc(NC(C)=O)cc1NCc1cc2ccccc2nc1Cl. The lowest BCUT2D eigenvalue weighted by atomic mass is 10.1. The van der Waals surface area contributed by atoms with Crippen LogP contribution in [0.2, 0.25) is 5.15 Å². The van der Waals surface area contributed by atoms with Crippen molar-refractivity contribution in [3.8, 4) is 5.75 Å². The zero-order valence-electron chi connectivity index (χ0n) is 14.0. The third-order valence-corrected chi connectivity index (χ3v) is 4.07. The van der Waals surface area contributed by atoms with Gasteiger partial charge in [0.05, 0.1) is 18.3 Å². The second-order valence-electron chi connectivity index (χ2n) is 5.58. The Labute approximate surface area is 151 Å². The number of amides is 1. The van der Waals surface area contributed by atoms with Crippen molar-refractivity contribution in [1.82, 2.24) is 4.98 Å². The van der Waals surface area contributed by atoms with E-state index in [0.717, 1.165) is 22.2 Å². The summed E-state index contributed by atoms with van der Waals surface area (Å²) >= 11 is 6.30. The number of nitrogens with zero attached hydrogens (tertiary/aromatic N) is 1. The van der Waals surface area contributed by atoms with E-state index in [1.807, 2.05) is 36.4 Å². The van der Waals surface area contributed by atoms with Crippen LogP contribution >= 0.6 is 11.6 Å². The summed E-state index contributed by atoms with van der Waals surface area (Å²) in [5.41, 5.74) is 3.20. The molecule has 0 saturated carbocycles. The van der Waals surface area contributed by atoms with Crippen molar-refractivity contribution in [3.63, 3.8) is 0 Å². The van der Waals surface area contributed by atoms with Crippen LogP contribution in [-0.2, 0) is 11.3 Å². The number of nitrogens with one attached hydrogen (secondary N) is 2. The molecule has 5 nitrogen and oxygen atoms in total. The number of carbonyl (C=O) groups excluding carboxylic acids is 1. The van der Waals surface area contributed by atoms with Gasteiger partial charge in [-0.15, -0.1) is 0 Å². The number of aromatic nitrogens is 1. The van der Waals surface area contributed by atoms with Crippen LogP contribution < -0.4 is 15.4 Å². The predicted molar refractivity (Wildman–Crippen MR) is 101 cm³/mol. The first-order valence-electron chi connectivity index (χ1n) is 7.80. The number of methoxy groups -OCH3 is 1. The molecule has 0 atom stereocenters. The first-order chi connectivity index (χ1) is 12.1. The standard InChI is InChI=1S/C19H18ClN3O2/c1-12(24)22-15-7-8-18(25-2)17(10-15)21-11-14-9-13-5-3-4-6-16(13)23-19(14)20/h3-10,21H,11H2,1-2H3,(H,22,24). The number of pyridine rings is 1. The van der Waals surface area contributed by atoms with Crippen LogP contribution in [0.3, 0.4) is 0 Å². The highest BCUT2D eigenvalue weighted by atomic mass is 35.5. The molecule has 0 fully saturated rings. The average Bonchev–Trinajstić information content (AvgIpc) is 2.59. The zero-order valence-corrected chi connectivity index (χ0v) is 14.7. The molecular formula is C19H18ClN3O2. The van der Waals surface area contributed by atoms with Gasteiger partial charge in [-0.3, -0.25) is 4.79 Å². The van der Waals surface area contributed by atoms with E-state index < -0.39 is 0 Å². The molecule has 0 aliphatic heterocycles. The van der Waals surface area contributed by atoms with E-state index in [2.05, 4.69) is 15.6 Å². The van der Waals surface area contributed by atoms with Crippen LogP contribution in [0.25, 0.3) is 10.9 Å². The molecule has 25 heavy (non-hydrogen) atoms. The van der Waals surface area contributed by atoms with E-state index in [4.69, 9.17) is 16.3 Å². The van der Waals surface area contributed by atoms with Gasteiger partial charge in [0.15, 0.2) is 0 Å². The second-order valence-corrected chi connectivity index (χ2v) is 5.94. The molecule has 0 aliphatic carbocycles. The maximum atomic E-state index is 11.2. The first-order valence-corrected chi connectivity index (χ1v) is 8.18. The number of ether oxygens (including phenoxy) is 1. The average molecular weight is 356 g/mol. The van der Waals surface area contributed by atoms with Gasteiger partial charge >= 0.3 is 0 Å². The summed E-state index contributed by atoms with van der Waals surface area (Å²) in [4.78, 5) is 15.7. The summed E-state index contributed by atoms with van der Waals surface area (Å²) < 4.78 is 5.37. The molecule has 0 unspecified atom stereocenters. The lowest BCUT2D eigenvalue weighted by molar-refractivity contribution is -0.114. The van der Waals surface area contributed by atoms with Gasteiger partial charge in [-0.2, -0.15) is 0 Å². The third-order valence-electron chi connectivity index (χ3n) is 3.74. The molecule has 1 aromatic heterocycles. The molecule has 3 aromatic rings. The van der Waals surface area contributed by atoms with Crippen LogP contribution in [-0.4, -0.2) is 18.0 Å². The number of fused-ring (bicyclic) bond motifs is 1. The highest BCUT2D eigenvalue weighted by Gasteiger charge is 2.08. The van der Waals surface area contributed by atoms with Gasteiger partial charge < -0.3 is 15.4 Å². The Bertz CT molecular complexity index is 928. The van der Waals surface area contributed by atoms with Gasteiger partial charge in [-0.05, 0) is 30.3 Å². The Morgan fingerprint density at radius 2 is 2.00 bits per heavy atom. The maximum Gasteiger partial charge on any atom is 0.221 e. The van der Waals surface area contributed by atoms with Gasteiger partial charge in [-0.25, -0.2) is 4.98 Å². The largest absolute Gasteiger partial charge is 0.495 e.